The van der Waals surface area contributed by atoms with Gasteiger partial charge in [0.2, 0.25) is 0 Å². The lowest BCUT2D eigenvalue weighted by molar-refractivity contribution is 0.0889. The summed E-state index contributed by atoms with van der Waals surface area (Å²) in [5.74, 6) is 1.26. The van der Waals surface area contributed by atoms with Gasteiger partial charge < -0.3 is 14.8 Å². The molecule has 148 valence electrons. The van der Waals surface area contributed by atoms with Crippen LogP contribution in [-0.4, -0.2) is 48.1 Å². The van der Waals surface area contributed by atoms with Crippen molar-refractivity contribution in [3.63, 3.8) is 0 Å². The number of pyridine rings is 1. The van der Waals surface area contributed by atoms with Gasteiger partial charge in [-0.2, -0.15) is 0 Å². The first-order valence-corrected chi connectivity index (χ1v) is 9.98. The molecule has 1 aliphatic heterocycles. The van der Waals surface area contributed by atoms with Crippen molar-refractivity contribution in [3.8, 4) is 11.5 Å². The second-order valence-corrected chi connectivity index (χ2v) is 7.56. The smallest absolute Gasteiger partial charge is 0.255 e. The van der Waals surface area contributed by atoms with Gasteiger partial charge in [-0.25, -0.2) is 0 Å². The lowest BCUT2D eigenvalue weighted by Gasteiger charge is -2.32. The fourth-order valence-corrected chi connectivity index (χ4v) is 3.52. The highest BCUT2D eigenvalue weighted by Crippen LogP contribution is 2.29. The highest BCUT2D eigenvalue weighted by atomic mass is 16.5. The normalized spacial score (nSPS) is 17.9. The summed E-state index contributed by atoms with van der Waals surface area (Å²) in [4.78, 5) is 19.1. The second-order valence-electron chi connectivity index (χ2n) is 7.56. The van der Waals surface area contributed by atoms with E-state index in [1.165, 1.54) is 5.56 Å². The molecule has 2 aliphatic rings. The van der Waals surface area contributed by atoms with Crippen LogP contribution in [0.2, 0.25) is 0 Å². The minimum absolute atomic E-state index is 0.0599. The molecule has 2 aromatic rings. The van der Waals surface area contributed by atoms with Crippen LogP contribution in [0.1, 0.15) is 41.6 Å². The fraction of sp³-hybridized carbons (Fsp3) is 0.455. The summed E-state index contributed by atoms with van der Waals surface area (Å²) in [7, 11) is 1.63. The monoisotopic (exact) mass is 381 g/mol. The summed E-state index contributed by atoms with van der Waals surface area (Å²) >= 11 is 0. The molecule has 0 bridgehead atoms. The molecule has 2 heterocycles. The zero-order valence-corrected chi connectivity index (χ0v) is 16.3. The maximum Gasteiger partial charge on any atom is 0.255 e. The van der Waals surface area contributed by atoms with Gasteiger partial charge in [-0.1, -0.05) is 0 Å². The third-order valence-corrected chi connectivity index (χ3v) is 5.33. The van der Waals surface area contributed by atoms with Gasteiger partial charge in [-0.3, -0.25) is 14.7 Å². The third kappa shape index (κ3) is 4.81. The summed E-state index contributed by atoms with van der Waals surface area (Å²) in [6.07, 6.45) is 7.78. The Morgan fingerprint density at radius 2 is 1.89 bits per heavy atom. The van der Waals surface area contributed by atoms with E-state index in [1.54, 1.807) is 13.2 Å². The number of nitrogens with zero attached hydrogens (tertiary/aromatic N) is 2. The van der Waals surface area contributed by atoms with E-state index in [0.717, 1.165) is 45.3 Å². The second kappa shape index (κ2) is 8.61. The first-order chi connectivity index (χ1) is 13.7. The number of hydrogen-bond donors (Lipinski definition) is 1. The molecule has 1 amide bonds. The van der Waals surface area contributed by atoms with Crippen LogP contribution >= 0.6 is 0 Å². The van der Waals surface area contributed by atoms with Gasteiger partial charge in [0.25, 0.3) is 5.91 Å². The first-order valence-electron chi connectivity index (χ1n) is 9.98. The molecule has 28 heavy (non-hydrogen) atoms. The standard InChI is InChI=1S/C22H27N3O3/c1-27-19-4-5-20(22(26)24-17-2-3-17)21(14-19)28-18-8-12-25(13-9-18)15-16-6-10-23-11-7-16/h4-7,10-11,14,17-18H,2-3,8-9,12-13,15H2,1H3,(H,24,26). The maximum atomic E-state index is 12.6. The SMILES string of the molecule is COc1ccc(C(=O)NC2CC2)c(OC2CCN(Cc3ccncc3)CC2)c1. The zero-order chi connectivity index (χ0) is 19.3. The van der Waals surface area contributed by atoms with Crippen molar-refractivity contribution >= 4 is 5.91 Å². The van der Waals surface area contributed by atoms with E-state index >= 15 is 0 Å². The molecule has 1 aromatic carbocycles. The van der Waals surface area contributed by atoms with Crippen LogP contribution in [0.25, 0.3) is 0 Å². The Bertz CT molecular complexity index is 800. The highest BCUT2D eigenvalue weighted by molar-refractivity contribution is 5.97. The van der Waals surface area contributed by atoms with E-state index in [9.17, 15) is 4.79 Å². The van der Waals surface area contributed by atoms with E-state index in [4.69, 9.17) is 9.47 Å². The number of hydrogen-bond acceptors (Lipinski definition) is 5. The van der Waals surface area contributed by atoms with Gasteiger partial charge in [0.05, 0.1) is 12.7 Å². The highest BCUT2D eigenvalue weighted by Gasteiger charge is 2.27. The molecule has 1 aromatic heterocycles. The van der Waals surface area contributed by atoms with Gasteiger partial charge in [0.1, 0.15) is 17.6 Å². The van der Waals surface area contributed by atoms with Crippen LogP contribution in [-0.2, 0) is 6.54 Å². The number of piperidine rings is 1. The number of nitrogens with one attached hydrogen (secondary N) is 1. The first kappa shape index (κ1) is 18.7. The van der Waals surface area contributed by atoms with Crippen LogP contribution in [0.3, 0.4) is 0 Å². The molecule has 0 unspecified atom stereocenters. The van der Waals surface area contributed by atoms with Crippen molar-refractivity contribution in [2.45, 2.75) is 44.4 Å². The van der Waals surface area contributed by atoms with E-state index in [0.29, 0.717) is 23.1 Å². The van der Waals surface area contributed by atoms with E-state index in [2.05, 4.69) is 27.3 Å². The van der Waals surface area contributed by atoms with Gasteiger partial charge in [-0.15, -0.1) is 0 Å². The average Bonchev–Trinajstić information content (AvgIpc) is 3.54. The van der Waals surface area contributed by atoms with Crippen molar-refractivity contribution in [3.05, 3.63) is 53.9 Å². The van der Waals surface area contributed by atoms with Crippen LogP contribution in [0, 0.1) is 0 Å². The summed E-state index contributed by atoms with van der Waals surface area (Å²) in [6.45, 7) is 2.88. The summed E-state index contributed by atoms with van der Waals surface area (Å²) < 4.78 is 11.6. The van der Waals surface area contributed by atoms with Crippen LogP contribution < -0.4 is 14.8 Å². The molecule has 6 nitrogen and oxygen atoms in total. The van der Waals surface area contributed by atoms with Crippen molar-refractivity contribution in [2.24, 2.45) is 0 Å². The van der Waals surface area contributed by atoms with Gasteiger partial charge in [0, 0.05) is 44.1 Å². The number of aromatic nitrogens is 1. The Morgan fingerprint density at radius 3 is 2.57 bits per heavy atom. The molecular formula is C22H27N3O3. The van der Waals surface area contributed by atoms with Crippen molar-refractivity contribution in [2.75, 3.05) is 20.2 Å². The number of carbonyl (C=O) groups is 1. The maximum absolute atomic E-state index is 12.6. The van der Waals surface area contributed by atoms with E-state index < -0.39 is 0 Å². The largest absolute Gasteiger partial charge is 0.497 e. The topological polar surface area (TPSA) is 63.7 Å². The molecule has 2 fully saturated rings. The predicted molar refractivity (Wildman–Crippen MR) is 107 cm³/mol. The summed E-state index contributed by atoms with van der Waals surface area (Å²) in [6, 6.07) is 9.87. The molecule has 6 heteroatoms. The summed E-state index contributed by atoms with van der Waals surface area (Å²) in [5, 5.41) is 3.05. The number of amides is 1. The number of methoxy groups -OCH3 is 1. The minimum atomic E-state index is -0.0599. The van der Waals surface area contributed by atoms with Gasteiger partial charge in [0.15, 0.2) is 0 Å². The molecule has 1 saturated carbocycles. The summed E-state index contributed by atoms with van der Waals surface area (Å²) in [5.41, 5.74) is 1.87. The lowest BCUT2D eigenvalue weighted by atomic mass is 10.1. The molecule has 1 saturated heterocycles. The third-order valence-electron chi connectivity index (χ3n) is 5.33. The molecule has 0 radical (unpaired) electrons. The van der Waals surface area contributed by atoms with E-state index in [1.807, 2.05) is 24.5 Å². The molecule has 4 rings (SSSR count). The number of likely N-dealkylation sites (tertiary alicyclic amines) is 1. The zero-order valence-electron chi connectivity index (χ0n) is 16.3. The quantitative estimate of drug-likeness (QED) is 0.799. The number of ether oxygens (including phenoxy) is 2. The Balaban J connectivity index is 1.37. The van der Waals surface area contributed by atoms with Crippen LogP contribution in [0.4, 0.5) is 0 Å². The molecule has 1 aliphatic carbocycles. The Hall–Kier alpha value is -2.60. The number of benzene rings is 1. The van der Waals surface area contributed by atoms with Gasteiger partial charge >= 0.3 is 0 Å². The molecule has 0 spiro atoms. The van der Waals surface area contributed by atoms with E-state index in [-0.39, 0.29) is 12.0 Å². The van der Waals surface area contributed by atoms with Gasteiger partial charge in [-0.05, 0) is 55.5 Å². The Kier molecular flexibility index (Phi) is 5.76. The molecular weight excluding hydrogens is 354 g/mol. The lowest BCUT2D eigenvalue weighted by Crippen LogP contribution is -2.38. The Labute approximate surface area is 165 Å². The predicted octanol–water partition coefficient (Wildman–Crippen LogP) is 3.03. The molecule has 1 N–H and O–H groups in total. The van der Waals surface area contributed by atoms with Crippen molar-refractivity contribution in [1.29, 1.82) is 0 Å². The van der Waals surface area contributed by atoms with Crippen molar-refractivity contribution in [1.82, 2.24) is 15.2 Å². The Morgan fingerprint density at radius 1 is 1.14 bits per heavy atom. The fourth-order valence-electron chi connectivity index (χ4n) is 3.52. The van der Waals surface area contributed by atoms with Crippen LogP contribution in [0.15, 0.2) is 42.7 Å². The number of carbonyl (C=O) groups excluding carboxylic acids is 1. The molecule has 0 atom stereocenters. The number of rotatable bonds is 7. The average molecular weight is 381 g/mol. The van der Waals surface area contributed by atoms with Crippen LogP contribution in [0.5, 0.6) is 11.5 Å². The van der Waals surface area contributed by atoms with Crippen molar-refractivity contribution < 1.29 is 14.3 Å². The minimum Gasteiger partial charge on any atom is -0.497 e.